The van der Waals surface area contributed by atoms with E-state index in [0.29, 0.717) is 25.4 Å². The highest BCUT2D eigenvalue weighted by molar-refractivity contribution is 5.92. The van der Waals surface area contributed by atoms with Gasteiger partial charge in [-0.1, -0.05) is 29.8 Å². The molecule has 4 saturated heterocycles. The van der Waals surface area contributed by atoms with Crippen molar-refractivity contribution in [3.63, 3.8) is 0 Å². The van der Waals surface area contributed by atoms with E-state index in [2.05, 4.69) is 53.4 Å². The number of aryl methyl sites for hydroxylation is 1. The molecule has 0 unspecified atom stereocenters. The summed E-state index contributed by atoms with van der Waals surface area (Å²) >= 11 is 0. The van der Waals surface area contributed by atoms with Crippen molar-refractivity contribution in [3.05, 3.63) is 35.4 Å². The maximum Gasteiger partial charge on any atom is 0.243 e. The minimum Gasteiger partial charge on any atom is -0.348 e. The SMILES string of the molecule is CC(=O)N1CCC(N(C)[C@H]2C[C@H]3C(=O)NC4(CCN(Cc5ccc(C)cc5)CC4)CC(=O)N3C2)CC1. The Balaban J connectivity index is 1.17. The third kappa shape index (κ3) is 5.16. The number of nitrogens with one attached hydrogen (secondary N) is 1. The van der Waals surface area contributed by atoms with Crippen molar-refractivity contribution in [2.45, 2.75) is 82.6 Å². The number of carbonyl (C=O) groups is 3. The average Bonchev–Trinajstić information content (AvgIpc) is 3.29. The van der Waals surface area contributed by atoms with Gasteiger partial charge in [0.15, 0.2) is 0 Å². The molecule has 1 N–H and O–H groups in total. The zero-order chi connectivity index (χ0) is 25.4. The maximum absolute atomic E-state index is 13.4. The third-order valence-electron chi connectivity index (χ3n) is 9.18. The first-order valence-electron chi connectivity index (χ1n) is 13.6. The minimum absolute atomic E-state index is 0.0233. The molecule has 8 nitrogen and oxygen atoms in total. The van der Waals surface area contributed by atoms with Crippen LogP contribution < -0.4 is 5.32 Å². The molecule has 0 aromatic heterocycles. The highest BCUT2D eigenvalue weighted by Crippen LogP contribution is 2.34. The van der Waals surface area contributed by atoms with Crippen LogP contribution in [0.3, 0.4) is 0 Å². The van der Waals surface area contributed by atoms with Gasteiger partial charge in [0.25, 0.3) is 0 Å². The average molecular weight is 496 g/mol. The molecule has 0 bridgehead atoms. The van der Waals surface area contributed by atoms with E-state index in [9.17, 15) is 14.4 Å². The summed E-state index contributed by atoms with van der Waals surface area (Å²) in [7, 11) is 2.12. The Labute approximate surface area is 215 Å². The Morgan fingerprint density at radius 1 is 1.06 bits per heavy atom. The van der Waals surface area contributed by atoms with Crippen LogP contribution in [0, 0.1) is 6.92 Å². The number of fused-ring (bicyclic) bond motifs is 1. The molecule has 0 saturated carbocycles. The molecular formula is C28H41N5O3. The van der Waals surface area contributed by atoms with E-state index >= 15 is 0 Å². The number of benzene rings is 1. The first-order valence-corrected chi connectivity index (χ1v) is 13.6. The van der Waals surface area contributed by atoms with E-state index < -0.39 is 5.54 Å². The first kappa shape index (κ1) is 25.2. The summed E-state index contributed by atoms with van der Waals surface area (Å²) in [6.07, 6.45) is 4.61. The first-order chi connectivity index (χ1) is 17.2. The molecule has 5 rings (SSSR count). The Morgan fingerprint density at radius 3 is 2.36 bits per heavy atom. The van der Waals surface area contributed by atoms with Crippen molar-refractivity contribution >= 4 is 17.7 Å². The molecule has 4 fully saturated rings. The Hall–Kier alpha value is -2.45. The normalized spacial score (nSPS) is 27.3. The molecule has 2 atom stereocenters. The van der Waals surface area contributed by atoms with Crippen LogP contribution in [0.25, 0.3) is 0 Å². The van der Waals surface area contributed by atoms with Crippen molar-refractivity contribution in [1.29, 1.82) is 0 Å². The van der Waals surface area contributed by atoms with Crippen LogP contribution in [-0.4, -0.2) is 101 Å². The van der Waals surface area contributed by atoms with Crippen LogP contribution in [0.2, 0.25) is 0 Å². The van der Waals surface area contributed by atoms with Gasteiger partial charge in [0.1, 0.15) is 6.04 Å². The largest absolute Gasteiger partial charge is 0.348 e. The lowest BCUT2D eigenvalue weighted by atomic mass is 9.83. The summed E-state index contributed by atoms with van der Waals surface area (Å²) in [4.78, 5) is 47.1. The van der Waals surface area contributed by atoms with Crippen LogP contribution in [-0.2, 0) is 20.9 Å². The quantitative estimate of drug-likeness (QED) is 0.689. The minimum atomic E-state index is -0.413. The molecule has 4 aliphatic heterocycles. The van der Waals surface area contributed by atoms with Crippen LogP contribution >= 0.6 is 0 Å². The topological polar surface area (TPSA) is 76.2 Å². The fourth-order valence-corrected chi connectivity index (χ4v) is 6.69. The smallest absolute Gasteiger partial charge is 0.243 e. The van der Waals surface area contributed by atoms with Gasteiger partial charge in [0.2, 0.25) is 17.7 Å². The van der Waals surface area contributed by atoms with E-state index in [4.69, 9.17) is 0 Å². The fraction of sp³-hybridized carbons (Fsp3) is 0.679. The van der Waals surface area contributed by atoms with E-state index in [0.717, 1.165) is 58.4 Å². The van der Waals surface area contributed by atoms with Crippen molar-refractivity contribution in [3.8, 4) is 0 Å². The van der Waals surface area contributed by atoms with Gasteiger partial charge in [-0.3, -0.25) is 24.2 Å². The summed E-state index contributed by atoms with van der Waals surface area (Å²) in [5.74, 6) is 0.283. The van der Waals surface area contributed by atoms with Crippen molar-refractivity contribution in [2.24, 2.45) is 0 Å². The summed E-state index contributed by atoms with van der Waals surface area (Å²) < 4.78 is 0. The second-order valence-electron chi connectivity index (χ2n) is 11.6. The maximum atomic E-state index is 13.4. The molecule has 1 aromatic carbocycles. The molecule has 196 valence electrons. The van der Waals surface area contributed by atoms with Crippen LogP contribution in [0.1, 0.15) is 56.6 Å². The Bertz CT molecular complexity index is 951. The number of piperidine rings is 2. The third-order valence-corrected chi connectivity index (χ3v) is 9.18. The van der Waals surface area contributed by atoms with Gasteiger partial charge < -0.3 is 15.1 Å². The highest BCUT2D eigenvalue weighted by Gasteiger charge is 2.49. The number of hydrogen-bond donors (Lipinski definition) is 1. The van der Waals surface area contributed by atoms with Gasteiger partial charge in [-0.2, -0.15) is 0 Å². The number of likely N-dealkylation sites (N-methyl/N-ethyl adjacent to an activating group) is 1. The van der Waals surface area contributed by atoms with Gasteiger partial charge in [-0.25, -0.2) is 0 Å². The number of carbonyl (C=O) groups excluding carboxylic acids is 3. The fourth-order valence-electron chi connectivity index (χ4n) is 6.69. The van der Waals surface area contributed by atoms with Gasteiger partial charge in [0.05, 0.1) is 12.0 Å². The number of rotatable bonds is 4. The summed E-state index contributed by atoms with van der Waals surface area (Å²) in [5.41, 5.74) is 2.16. The Kier molecular flexibility index (Phi) is 7.10. The lowest BCUT2D eigenvalue weighted by Crippen LogP contribution is -2.56. The molecule has 1 aromatic rings. The van der Waals surface area contributed by atoms with Crippen LogP contribution in [0.5, 0.6) is 0 Å². The molecule has 3 amide bonds. The number of amides is 3. The molecule has 36 heavy (non-hydrogen) atoms. The molecule has 8 heteroatoms. The summed E-state index contributed by atoms with van der Waals surface area (Å²) in [6.45, 7) is 8.60. The molecule has 1 spiro atoms. The highest BCUT2D eigenvalue weighted by atomic mass is 16.2. The number of likely N-dealkylation sites (tertiary alicyclic amines) is 2. The Morgan fingerprint density at radius 2 is 1.72 bits per heavy atom. The molecule has 0 aliphatic carbocycles. The van der Waals surface area contributed by atoms with Gasteiger partial charge in [-0.05, 0) is 51.6 Å². The number of hydrogen-bond acceptors (Lipinski definition) is 5. The zero-order valence-corrected chi connectivity index (χ0v) is 22.0. The van der Waals surface area contributed by atoms with E-state index in [1.165, 1.54) is 11.1 Å². The van der Waals surface area contributed by atoms with Gasteiger partial charge in [-0.15, -0.1) is 0 Å². The molecule has 4 aliphatic rings. The zero-order valence-electron chi connectivity index (χ0n) is 22.0. The second-order valence-corrected chi connectivity index (χ2v) is 11.6. The summed E-state index contributed by atoms with van der Waals surface area (Å²) in [6, 6.07) is 8.87. The second kappa shape index (κ2) is 10.1. The summed E-state index contributed by atoms with van der Waals surface area (Å²) in [5, 5.41) is 3.35. The van der Waals surface area contributed by atoms with Crippen LogP contribution in [0.4, 0.5) is 0 Å². The van der Waals surface area contributed by atoms with Crippen LogP contribution in [0.15, 0.2) is 24.3 Å². The lowest BCUT2D eigenvalue weighted by molar-refractivity contribution is -0.136. The molecule has 4 heterocycles. The van der Waals surface area contributed by atoms with Gasteiger partial charge in [0, 0.05) is 58.3 Å². The molecule has 0 radical (unpaired) electrons. The van der Waals surface area contributed by atoms with E-state index in [1.807, 2.05) is 9.80 Å². The predicted molar refractivity (Wildman–Crippen MR) is 138 cm³/mol. The predicted octanol–water partition coefficient (Wildman–Crippen LogP) is 1.76. The lowest BCUT2D eigenvalue weighted by Gasteiger charge is -2.41. The monoisotopic (exact) mass is 495 g/mol. The van der Waals surface area contributed by atoms with E-state index in [1.54, 1.807) is 6.92 Å². The van der Waals surface area contributed by atoms with Crippen molar-refractivity contribution < 1.29 is 14.4 Å². The van der Waals surface area contributed by atoms with Gasteiger partial charge >= 0.3 is 0 Å². The van der Waals surface area contributed by atoms with E-state index in [-0.39, 0.29) is 29.8 Å². The van der Waals surface area contributed by atoms with Crippen molar-refractivity contribution in [2.75, 3.05) is 39.8 Å². The number of nitrogens with zero attached hydrogens (tertiary/aromatic N) is 4. The molecular weight excluding hydrogens is 454 g/mol. The standard InChI is InChI=1S/C28H41N5O3/c1-20-4-6-22(7-5-20)18-31-14-10-28(11-15-31)17-26(35)33-19-24(16-25(33)27(36)29-28)30(3)23-8-12-32(13-9-23)21(2)34/h4-7,23-25H,8-19H2,1-3H3,(H,29,36)/t24-,25-/m0/s1. The van der Waals surface area contributed by atoms with Crippen molar-refractivity contribution in [1.82, 2.24) is 24.9 Å².